The second-order valence-electron chi connectivity index (χ2n) is 9.94. The number of hydrogen-bond donors (Lipinski definition) is 1. The smallest absolute Gasteiger partial charge is 0.870 e. The number of esters is 1. The quantitative estimate of drug-likeness (QED) is 0.0680. The van der Waals surface area contributed by atoms with E-state index in [9.17, 15) is 40.6 Å². The van der Waals surface area contributed by atoms with Crippen molar-refractivity contribution in [3.05, 3.63) is 64.6 Å². The Morgan fingerprint density at radius 2 is 1.43 bits per heavy atom. The van der Waals surface area contributed by atoms with Crippen molar-refractivity contribution in [3.63, 3.8) is 0 Å². The van der Waals surface area contributed by atoms with Crippen molar-refractivity contribution in [1.29, 1.82) is 0 Å². The molecule has 15 nitrogen and oxygen atoms in total. The fourth-order valence-corrected chi connectivity index (χ4v) is 6.16. The topological polar surface area (TPSA) is 237 Å². The number of hydrogen-bond acceptors (Lipinski definition) is 14. The number of carbonyl (C=O) groups is 2. The zero-order chi connectivity index (χ0) is 36.3. The second-order valence-corrected chi connectivity index (χ2v) is 13.5. The van der Waals surface area contributed by atoms with Gasteiger partial charge in [0, 0.05) is 16.5 Å². The van der Waals surface area contributed by atoms with Gasteiger partial charge in [-0.1, -0.05) is 41.1 Å². The van der Waals surface area contributed by atoms with E-state index in [4.69, 9.17) is 32.7 Å². The van der Waals surface area contributed by atoms with E-state index in [1.54, 1.807) is 13.0 Å². The molecule has 1 atom stereocenters. The van der Waals surface area contributed by atoms with Crippen molar-refractivity contribution in [2.24, 2.45) is 20.5 Å². The molecule has 258 valence electrons. The largest absolute Gasteiger partial charge is 1.00 e. The van der Waals surface area contributed by atoms with Crippen LogP contribution in [0.5, 0.6) is 11.5 Å². The maximum atomic E-state index is 13.5. The summed E-state index contributed by atoms with van der Waals surface area (Å²) in [6.07, 6.45) is 0. The summed E-state index contributed by atoms with van der Waals surface area (Å²) in [6.45, 7) is 4.30. The standard InChI is InChI=1S/C30H26Cl2N4O11S2.2Na/c1-4-46-24-14-19(48(40,41)42)10-16-11-25(49(43,44)45)28(29(38)26(16)24)36-34-18-7-9-21(23(32)13-18)20-8-6-17(12-22(20)31)33-35-27(15(3)37)30(39)47-5-2;;/h6-14,27,38H,4-5H2,1-3H3,(H,40,41,42)(H,43,44,45);;/q;2*+1/p-2. The molecule has 0 aromatic heterocycles. The van der Waals surface area contributed by atoms with E-state index in [-0.39, 0.29) is 110 Å². The Morgan fingerprint density at radius 3 is 1.90 bits per heavy atom. The van der Waals surface area contributed by atoms with Crippen molar-refractivity contribution < 1.29 is 109 Å². The minimum absolute atomic E-state index is 0. The first-order valence-electron chi connectivity index (χ1n) is 13.9. The monoisotopic (exact) mass is 796 g/mol. The van der Waals surface area contributed by atoms with E-state index in [1.807, 2.05) is 0 Å². The van der Waals surface area contributed by atoms with Crippen LogP contribution in [0, 0.1) is 0 Å². The van der Waals surface area contributed by atoms with E-state index >= 15 is 0 Å². The summed E-state index contributed by atoms with van der Waals surface area (Å²) in [5.41, 5.74) is 0.305. The third-order valence-electron chi connectivity index (χ3n) is 6.58. The molecule has 0 radical (unpaired) electrons. The molecule has 0 spiro atoms. The fraction of sp³-hybridized carbons (Fsp3) is 0.200. The minimum atomic E-state index is -5.12. The van der Waals surface area contributed by atoms with Crippen LogP contribution in [0.25, 0.3) is 21.9 Å². The molecule has 0 saturated carbocycles. The number of benzene rings is 4. The Bertz CT molecular complexity index is 2270. The van der Waals surface area contributed by atoms with Crippen molar-refractivity contribution in [3.8, 4) is 22.6 Å². The Morgan fingerprint density at radius 1 is 0.863 bits per heavy atom. The molecule has 1 unspecified atom stereocenters. The molecule has 0 amide bonds. The molecule has 4 aromatic rings. The molecule has 0 heterocycles. The van der Waals surface area contributed by atoms with E-state index in [0.29, 0.717) is 11.1 Å². The number of ether oxygens (including phenoxy) is 2. The number of nitrogens with zero attached hydrogens (tertiary/aromatic N) is 4. The van der Waals surface area contributed by atoms with Crippen LogP contribution in [0.15, 0.2) is 84.8 Å². The number of ketones is 1. The maximum Gasteiger partial charge on any atom is 1.00 e. The van der Waals surface area contributed by atoms with E-state index in [2.05, 4.69) is 20.5 Å². The number of Topliss-reactive ketones (excluding diaryl/α,β-unsaturated/α-hetero) is 1. The van der Waals surface area contributed by atoms with Crippen molar-refractivity contribution in [2.75, 3.05) is 13.2 Å². The van der Waals surface area contributed by atoms with Gasteiger partial charge in [0.2, 0.25) is 6.04 Å². The fourth-order valence-electron chi connectivity index (χ4n) is 4.43. The molecule has 21 heteroatoms. The summed E-state index contributed by atoms with van der Waals surface area (Å²) >= 11 is 13.0. The van der Waals surface area contributed by atoms with Crippen LogP contribution >= 0.6 is 23.2 Å². The van der Waals surface area contributed by atoms with Crippen LogP contribution in [0.2, 0.25) is 10.0 Å². The first-order valence-corrected chi connectivity index (χ1v) is 17.5. The summed E-state index contributed by atoms with van der Waals surface area (Å²) in [7, 11) is -10.2. The zero-order valence-corrected chi connectivity index (χ0v) is 34.7. The summed E-state index contributed by atoms with van der Waals surface area (Å²) in [6, 6.07) is 9.69. The normalized spacial score (nSPS) is 12.4. The van der Waals surface area contributed by atoms with Gasteiger partial charge in [0.1, 0.15) is 20.8 Å². The molecule has 0 aliphatic carbocycles. The first-order chi connectivity index (χ1) is 23.0. The van der Waals surface area contributed by atoms with Crippen molar-refractivity contribution in [2.45, 2.75) is 36.6 Å². The Hall–Kier alpha value is -2.52. The maximum absolute atomic E-state index is 13.5. The van der Waals surface area contributed by atoms with Crippen LogP contribution in [0.1, 0.15) is 20.8 Å². The van der Waals surface area contributed by atoms with Crippen molar-refractivity contribution >= 4 is 83.0 Å². The molecule has 0 fully saturated rings. The summed E-state index contributed by atoms with van der Waals surface area (Å²) in [5.74, 6) is -2.81. The van der Waals surface area contributed by atoms with E-state index < -0.39 is 59.3 Å². The van der Waals surface area contributed by atoms with Crippen LogP contribution in [-0.4, -0.2) is 56.9 Å². The van der Waals surface area contributed by atoms with Crippen molar-refractivity contribution in [1.82, 2.24) is 0 Å². The molecule has 0 aliphatic rings. The predicted molar refractivity (Wildman–Crippen MR) is 174 cm³/mol. The molecule has 0 saturated heterocycles. The van der Waals surface area contributed by atoms with Gasteiger partial charge < -0.3 is 19.1 Å². The van der Waals surface area contributed by atoms with Gasteiger partial charge in [-0.15, -0.1) is 5.11 Å². The summed E-state index contributed by atoms with van der Waals surface area (Å²) in [5, 5.41) is 28.5. The third-order valence-corrected chi connectivity index (χ3v) is 8.88. The Labute approximate surface area is 346 Å². The second kappa shape index (κ2) is 18.5. The predicted octanol–water partition coefficient (Wildman–Crippen LogP) is 0.465. The van der Waals surface area contributed by atoms with Gasteiger partial charge >= 0.3 is 65.1 Å². The number of rotatable bonds is 12. The van der Waals surface area contributed by atoms with E-state index in [1.165, 1.54) is 44.2 Å². The summed E-state index contributed by atoms with van der Waals surface area (Å²) in [4.78, 5) is 22.0. The first kappa shape index (κ1) is 44.6. The summed E-state index contributed by atoms with van der Waals surface area (Å²) < 4.78 is 79.6. The number of halogens is 2. The van der Waals surface area contributed by atoms with Gasteiger partial charge in [-0.25, -0.2) is 13.2 Å². The van der Waals surface area contributed by atoms with Crippen LogP contribution in [0.3, 0.4) is 0 Å². The Balaban J connectivity index is 0.00000451. The molecule has 1 N–H and O–H groups in total. The molecule has 4 aromatic carbocycles. The SMILES string of the molecule is CCOC(=O)C(N=Nc1ccc(-c2ccc(N=Nc3c(S(=O)(=O)O)cc4cc(S(=O)(=O)[O-])cc(OCC)c4c3[O-])cc2Cl)c(Cl)c1)C(C)=O.[Na+].[Na+]. The van der Waals surface area contributed by atoms with Gasteiger partial charge in [-0.3, -0.25) is 9.35 Å². The molecule has 0 bridgehead atoms. The minimum Gasteiger partial charge on any atom is -0.870 e. The molecule has 0 aliphatic heterocycles. The van der Waals surface area contributed by atoms with Gasteiger partial charge in [-0.05, 0) is 68.6 Å². The van der Waals surface area contributed by atoms with Gasteiger partial charge in [0.25, 0.3) is 10.1 Å². The van der Waals surface area contributed by atoms with Gasteiger partial charge in [-0.2, -0.15) is 23.8 Å². The number of azo groups is 2. The molecule has 51 heavy (non-hydrogen) atoms. The zero-order valence-electron chi connectivity index (χ0n) is 27.6. The van der Waals surface area contributed by atoms with Crippen LogP contribution in [-0.2, 0) is 34.6 Å². The molecular formula is C30H24Cl2N4Na2O11S2. The van der Waals surface area contributed by atoms with Crippen LogP contribution in [0.4, 0.5) is 17.1 Å². The number of fused-ring (bicyclic) bond motifs is 1. The Kier molecular flexibility index (Phi) is 16.2. The molecule has 4 rings (SSSR count). The number of carbonyl (C=O) groups excluding carboxylic acids is 2. The van der Waals surface area contributed by atoms with Gasteiger partial charge in [0.15, 0.2) is 5.78 Å². The third kappa shape index (κ3) is 10.8. The average Bonchev–Trinajstić information content (AvgIpc) is 3.00. The average molecular weight is 798 g/mol. The van der Waals surface area contributed by atoms with Crippen LogP contribution < -0.4 is 69.0 Å². The molecular weight excluding hydrogens is 773 g/mol. The van der Waals surface area contributed by atoms with Gasteiger partial charge in [0.05, 0.1) is 45.2 Å². The van der Waals surface area contributed by atoms with E-state index in [0.717, 1.165) is 18.2 Å².